The van der Waals surface area contributed by atoms with Gasteiger partial charge in [-0.15, -0.1) is 0 Å². The molecule has 0 fully saturated rings. The van der Waals surface area contributed by atoms with Crippen molar-refractivity contribution in [3.8, 4) is 0 Å². The number of anilines is 1. The monoisotopic (exact) mass is 244 g/mol. The van der Waals surface area contributed by atoms with E-state index < -0.39 is 0 Å². The largest absolute Gasteiger partial charge is 0.326 e. The molecule has 2 aliphatic rings. The lowest BCUT2D eigenvalue weighted by molar-refractivity contribution is -0.117. The van der Waals surface area contributed by atoms with Crippen LogP contribution >= 0.6 is 0 Å². The van der Waals surface area contributed by atoms with Crippen LogP contribution in [0, 0.1) is 0 Å². The molecule has 0 spiro atoms. The van der Waals surface area contributed by atoms with E-state index in [0.29, 0.717) is 6.42 Å². The molecule has 1 amide bonds. The van der Waals surface area contributed by atoms with E-state index in [0.717, 1.165) is 31.6 Å². The summed E-state index contributed by atoms with van der Waals surface area (Å²) >= 11 is 0. The van der Waals surface area contributed by atoms with E-state index in [1.54, 1.807) is 0 Å². The number of hydrogen-bond donors (Lipinski definition) is 2. The molecule has 2 N–H and O–H groups in total. The van der Waals surface area contributed by atoms with Crippen molar-refractivity contribution in [2.45, 2.75) is 38.5 Å². The maximum atomic E-state index is 11.8. The summed E-state index contributed by atoms with van der Waals surface area (Å²) in [5.74, 6) is 0.138. The average molecular weight is 244 g/mol. The molecule has 18 heavy (non-hydrogen) atoms. The molecule has 0 bridgehead atoms. The van der Waals surface area contributed by atoms with Gasteiger partial charge in [0.2, 0.25) is 5.91 Å². The molecule has 2 aliphatic heterocycles. The third-order valence-corrected chi connectivity index (χ3v) is 4.09. The highest BCUT2D eigenvalue weighted by Crippen LogP contribution is 2.39. The first-order chi connectivity index (χ1) is 8.56. The number of carbonyl (C=O) groups excluding carboxylic acids is 1. The van der Waals surface area contributed by atoms with E-state index in [-0.39, 0.29) is 11.3 Å². The minimum atomic E-state index is -0.0492. The molecule has 0 atom stereocenters. The van der Waals surface area contributed by atoms with Crippen molar-refractivity contribution in [3.05, 3.63) is 28.8 Å². The third-order valence-electron chi connectivity index (χ3n) is 4.09. The van der Waals surface area contributed by atoms with Gasteiger partial charge in [-0.05, 0) is 48.7 Å². The van der Waals surface area contributed by atoms with Crippen molar-refractivity contribution in [1.29, 1.82) is 0 Å². The van der Waals surface area contributed by atoms with Crippen LogP contribution in [-0.4, -0.2) is 19.0 Å². The molecule has 3 rings (SSSR count). The highest BCUT2D eigenvalue weighted by atomic mass is 16.1. The molecule has 0 unspecified atom stereocenters. The molecular weight excluding hydrogens is 224 g/mol. The van der Waals surface area contributed by atoms with Crippen molar-refractivity contribution in [1.82, 2.24) is 5.32 Å². The van der Waals surface area contributed by atoms with Crippen LogP contribution in [-0.2, 0) is 23.1 Å². The van der Waals surface area contributed by atoms with Crippen LogP contribution in [0.25, 0.3) is 0 Å². The second kappa shape index (κ2) is 4.09. The Morgan fingerprint density at radius 3 is 2.50 bits per heavy atom. The van der Waals surface area contributed by atoms with Gasteiger partial charge in [-0.25, -0.2) is 0 Å². The van der Waals surface area contributed by atoms with E-state index >= 15 is 0 Å². The summed E-state index contributed by atoms with van der Waals surface area (Å²) in [4.78, 5) is 11.8. The number of nitrogens with one attached hydrogen (secondary N) is 2. The van der Waals surface area contributed by atoms with Gasteiger partial charge in [0.15, 0.2) is 0 Å². The fourth-order valence-corrected chi connectivity index (χ4v) is 3.08. The van der Waals surface area contributed by atoms with Gasteiger partial charge < -0.3 is 10.6 Å². The number of carbonyl (C=O) groups is 1. The van der Waals surface area contributed by atoms with E-state index in [4.69, 9.17) is 0 Å². The van der Waals surface area contributed by atoms with Gasteiger partial charge in [0, 0.05) is 17.5 Å². The van der Waals surface area contributed by atoms with Gasteiger partial charge >= 0.3 is 0 Å². The molecule has 1 aromatic carbocycles. The summed E-state index contributed by atoms with van der Waals surface area (Å²) in [7, 11) is 0. The number of amides is 1. The summed E-state index contributed by atoms with van der Waals surface area (Å²) in [6.07, 6.45) is 2.72. The predicted molar refractivity (Wildman–Crippen MR) is 73.0 cm³/mol. The molecule has 3 heteroatoms. The zero-order chi connectivity index (χ0) is 12.8. The average Bonchev–Trinajstić information content (AvgIpc) is 2.50. The van der Waals surface area contributed by atoms with Crippen LogP contribution in [0.4, 0.5) is 5.69 Å². The quantitative estimate of drug-likeness (QED) is 0.733. The zero-order valence-electron chi connectivity index (χ0n) is 11.1. The third kappa shape index (κ3) is 1.93. The second-order valence-corrected chi connectivity index (χ2v) is 6.03. The van der Waals surface area contributed by atoms with Gasteiger partial charge in [-0.3, -0.25) is 4.79 Å². The van der Waals surface area contributed by atoms with Crippen LogP contribution in [0.15, 0.2) is 12.1 Å². The molecule has 0 saturated heterocycles. The highest BCUT2D eigenvalue weighted by molar-refractivity contribution is 5.95. The van der Waals surface area contributed by atoms with E-state index in [1.807, 2.05) is 0 Å². The molecule has 3 nitrogen and oxygen atoms in total. The maximum Gasteiger partial charge on any atom is 0.225 e. The Hall–Kier alpha value is -1.35. The Kier molecular flexibility index (Phi) is 2.67. The summed E-state index contributed by atoms with van der Waals surface area (Å²) in [6.45, 7) is 6.40. The van der Waals surface area contributed by atoms with Gasteiger partial charge in [0.1, 0.15) is 0 Å². The first-order valence-electron chi connectivity index (χ1n) is 6.73. The Labute approximate surface area is 108 Å². The van der Waals surface area contributed by atoms with Crippen LogP contribution in [0.5, 0.6) is 0 Å². The number of rotatable bonds is 0. The van der Waals surface area contributed by atoms with Crippen LogP contribution in [0.2, 0.25) is 0 Å². The first kappa shape index (κ1) is 11.7. The Balaban J connectivity index is 2.12. The fraction of sp³-hybridized carbons (Fsp3) is 0.533. The number of hydrogen-bond acceptors (Lipinski definition) is 2. The Morgan fingerprint density at radius 2 is 1.78 bits per heavy atom. The van der Waals surface area contributed by atoms with E-state index in [1.165, 1.54) is 16.7 Å². The maximum absolute atomic E-state index is 11.8. The normalized spacial score (nSPS) is 21.6. The summed E-state index contributed by atoms with van der Waals surface area (Å²) in [5, 5.41) is 6.45. The van der Waals surface area contributed by atoms with Crippen molar-refractivity contribution < 1.29 is 4.79 Å². The molecule has 0 aromatic heterocycles. The zero-order valence-corrected chi connectivity index (χ0v) is 11.1. The number of fused-ring (bicyclic) bond motifs is 2. The minimum Gasteiger partial charge on any atom is -0.326 e. The number of benzene rings is 1. The van der Waals surface area contributed by atoms with Crippen molar-refractivity contribution >= 4 is 11.6 Å². The van der Waals surface area contributed by atoms with Crippen LogP contribution in [0.1, 0.15) is 37.0 Å². The topological polar surface area (TPSA) is 41.1 Å². The fourth-order valence-electron chi connectivity index (χ4n) is 3.08. The van der Waals surface area contributed by atoms with Crippen LogP contribution < -0.4 is 10.6 Å². The lowest BCUT2D eigenvalue weighted by atomic mass is 9.76. The van der Waals surface area contributed by atoms with Gasteiger partial charge in [0.25, 0.3) is 0 Å². The minimum absolute atomic E-state index is 0.0492. The van der Waals surface area contributed by atoms with Gasteiger partial charge in [0.05, 0.1) is 0 Å². The van der Waals surface area contributed by atoms with E-state index in [9.17, 15) is 4.79 Å². The van der Waals surface area contributed by atoms with Gasteiger partial charge in [-0.1, -0.05) is 19.9 Å². The SMILES string of the molecule is CC1(C)CC(=O)Nc2cc3c(cc21)CCNCC3. The first-order valence-corrected chi connectivity index (χ1v) is 6.73. The summed E-state index contributed by atoms with van der Waals surface area (Å²) in [5.41, 5.74) is 5.10. The predicted octanol–water partition coefficient (Wildman–Crippen LogP) is 1.99. The smallest absolute Gasteiger partial charge is 0.225 e. The molecule has 0 radical (unpaired) electrons. The highest BCUT2D eigenvalue weighted by Gasteiger charge is 2.32. The lowest BCUT2D eigenvalue weighted by Gasteiger charge is -2.33. The van der Waals surface area contributed by atoms with E-state index in [2.05, 4.69) is 36.6 Å². The molecular formula is C15H20N2O. The Bertz CT molecular complexity index is 505. The second-order valence-electron chi connectivity index (χ2n) is 6.03. The molecule has 0 aliphatic carbocycles. The standard InChI is InChI=1S/C15H20N2O/c1-15(2)9-14(18)17-13-8-11-4-6-16-5-3-10(11)7-12(13)15/h7-8,16H,3-6,9H2,1-2H3,(H,17,18). The molecule has 1 aromatic rings. The van der Waals surface area contributed by atoms with Crippen molar-refractivity contribution in [2.24, 2.45) is 0 Å². The summed E-state index contributed by atoms with van der Waals surface area (Å²) in [6, 6.07) is 4.51. The van der Waals surface area contributed by atoms with Gasteiger partial charge in [-0.2, -0.15) is 0 Å². The van der Waals surface area contributed by atoms with Crippen molar-refractivity contribution in [2.75, 3.05) is 18.4 Å². The molecule has 2 heterocycles. The summed E-state index contributed by atoms with van der Waals surface area (Å²) < 4.78 is 0. The molecule has 0 saturated carbocycles. The van der Waals surface area contributed by atoms with Crippen LogP contribution in [0.3, 0.4) is 0 Å². The molecule has 96 valence electrons. The Morgan fingerprint density at radius 1 is 1.11 bits per heavy atom. The van der Waals surface area contributed by atoms with Crippen molar-refractivity contribution in [3.63, 3.8) is 0 Å². The lowest BCUT2D eigenvalue weighted by Crippen LogP contribution is -2.32.